The first-order valence-electron chi connectivity index (χ1n) is 7.78. The van der Waals surface area contributed by atoms with Crippen LogP contribution in [0.4, 0.5) is 0 Å². The van der Waals surface area contributed by atoms with Crippen LogP contribution in [0.15, 0.2) is 29.9 Å². The van der Waals surface area contributed by atoms with Crippen molar-refractivity contribution in [3.63, 3.8) is 0 Å². The number of primary amides is 1. The Bertz CT molecular complexity index is 689. The molecule has 1 amide bonds. The van der Waals surface area contributed by atoms with E-state index in [1.54, 1.807) is 12.4 Å². The van der Waals surface area contributed by atoms with Crippen molar-refractivity contribution in [1.29, 1.82) is 0 Å². The van der Waals surface area contributed by atoms with Gasteiger partial charge in [-0.25, -0.2) is 0 Å². The van der Waals surface area contributed by atoms with E-state index in [1.807, 2.05) is 12.1 Å². The van der Waals surface area contributed by atoms with Crippen LogP contribution >= 0.6 is 11.3 Å². The number of piperidine rings is 3. The zero-order valence-electron chi connectivity index (χ0n) is 12.4. The second kappa shape index (κ2) is 5.48. The molecule has 0 saturated carbocycles. The summed E-state index contributed by atoms with van der Waals surface area (Å²) >= 11 is 1.49. The highest BCUT2D eigenvalue weighted by molar-refractivity contribution is 7.12. The van der Waals surface area contributed by atoms with Crippen LogP contribution in [0.1, 0.15) is 34.0 Å². The molecule has 4 nitrogen and oxygen atoms in total. The van der Waals surface area contributed by atoms with Crippen molar-refractivity contribution < 1.29 is 4.79 Å². The molecule has 5 heteroatoms. The van der Waals surface area contributed by atoms with Gasteiger partial charge in [0, 0.05) is 24.9 Å². The van der Waals surface area contributed by atoms with E-state index in [1.165, 1.54) is 48.4 Å². The first-order valence-corrected chi connectivity index (χ1v) is 8.66. The molecule has 2 aromatic rings. The molecule has 2 N–H and O–H groups in total. The number of carbonyl (C=O) groups excluding carboxylic acids is 1. The molecule has 5 rings (SSSR count). The molecular weight excluding hydrogens is 294 g/mol. The first kappa shape index (κ1) is 13.9. The summed E-state index contributed by atoms with van der Waals surface area (Å²) in [4.78, 5) is 19.3. The van der Waals surface area contributed by atoms with Crippen LogP contribution in [-0.2, 0) is 0 Å². The normalized spacial score (nSPS) is 27.0. The number of carbonyl (C=O) groups is 1. The summed E-state index contributed by atoms with van der Waals surface area (Å²) in [6.45, 7) is 3.45. The van der Waals surface area contributed by atoms with E-state index in [-0.39, 0.29) is 5.91 Å². The average Bonchev–Trinajstić information content (AvgIpc) is 3.02. The van der Waals surface area contributed by atoms with Gasteiger partial charge in [0.25, 0.3) is 5.91 Å². The van der Waals surface area contributed by atoms with E-state index in [2.05, 4.69) is 15.3 Å². The maximum absolute atomic E-state index is 11.9. The van der Waals surface area contributed by atoms with Crippen molar-refractivity contribution in [3.8, 4) is 11.1 Å². The lowest BCUT2D eigenvalue weighted by atomic mass is 9.74. The number of aromatic nitrogens is 1. The second-order valence-electron chi connectivity index (χ2n) is 6.24. The van der Waals surface area contributed by atoms with Crippen molar-refractivity contribution in [3.05, 3.63) is 40.3 Å². The number of nitrogens with two attached hydrogens (primary N) is 1. The van der Waals surface area contributed by atoms with Crippen molar-refractivity contribution >= 4 is 17.2 Å². The molecule has 22 heavy (non-hydrogen) atoms. The van der Waals surface area contributed by atoms with Crippen molar-refractivity contribution in [1.82, 2.24) is 9.88 Å². The highest BCUT2D eigenvalue weighted by Gasteiger charge is 2.38. The van der Waals surface area contributed by atoms with Crippen molar-refractivity contribution in [2.24, 2.45) is 11.7 Å². The molecule has 3 fully saturated rings. The Labute approximate surface area is 134 Å². The third kappa shape index (κ3) is 2.25. The molecule has 1 unspecified atom stereocenters. The zero-order valence-corrected chi connectivity index (χ0v) is 13.2. The summed E-state index contributed by atoms with van der Waals surface area (Å²) in [6, 6.07) is 4.02. The number of hydrogen-bond acceptors (Lipinski definition) is 4. The summed E-state index contributed by atoms with van der Waals surface area (Å²) in [7, 11) is 0. The standard InChI is InChI=1S/C17H19N3OS/c18-17(21)16-15(13-9-20-7-3-12(13)4-8-20)14(10-22-16)11-1-5-19-6-2-11/h1-2,5-6,10,12-13H,3-4,7-9H2,(H2,18,21). The summed E-state index contributed by atoms with van der Waals surface area (Å²) in [5.74, 6) is 0.814. The van der Waals surface area contributed by atoms with E-state index in [0.717, 1.165) is 17.0 Å². The summed E-state index contributed by atoms with van der Waals surface area (Å²) in [5, 5.41) is 2.09. The summed E-state index contributed by atoms with van der Waals surface area (Å²) in [5.41, 5.74) is 9.13. The maximum Gasteiger partial charge on any atom is 0.259 e. The lowest BCUT2D eigenvalue weighted by Gasteiger charge is -2.45. The fraction of sp³-hybridized carbons (Fsp3) is 0.412. The van der Waals surface area contributed by atoms with Crippen molar-refractivity contribution in [2.75, 3.05) is 19.6 Å². The quantitative estimate of drug-likeness (QED) is 0.948. The Morgan fingerprint density at radius 1 is 1.27 bits per heavy atom. The van der Waals surface area contributed by atoms with Crippen LogP contribution < -0.4 is 5.73 Å². The van der Waals surface area contributed by atoms with Gasteiger partial charge in [0.2, 0.25) is 0 Å². The summed E-state index contributed by atoms with van der Waals surface area (Å²) < 4.78 is 0. The number of nitrogens with zero attached hydrogens (tertiary/aromatic N) is 2. The van der Waals surface area contributed by atoms with E-state index >= 15 is 0 Å². The predicted octanol–water partition coefficient (Wildman–Crippen LogP) is 2.72. The van der Waals surface area contributed by atoms with Crippen molar-refractivity contribution in [2.45, 2.75) is 18.8 Å². The minimum atomic E-state index is -0.295. The topological polar surface area (TPSA) is 59.2 Å². The van der Waals surface area contributed by atoms with Gasteiger partial charge in [-0.1, -0.05) is 0 Å². The number of thiophene rings is 1. The van der Waals surface area contributed by atoms with Gasteiger partial charge >= 0.3 is 0 Å². The van der Waals surface area contributed by atoms with Gasteiger partial charge in [0.15, 0.2) is 0 Å². The smallest absolute Gasteiger partial charge is 0.259 e. The fourth-order valence-corrected chi connectivity index (χ4v) is 4.98. The SMILES string of the molecule is NC(=O)c1scc(-c2ccncc2)c1C1CN2CCC1CC2. The second-order valence-corrected chi connectivity index (χ2v) is 7.12. The van der Waals surface area contributed by atoms with Crippen LogP contribution in [0.5, 0.6) is 0 Å². The average molecular weight is 313 g/mol. The number of rotatable bonds is 3. The van der Waals surface area contributed by atoms with Crippen LogP contribution in [0, 0.1) is 5.92 Å². The third-order valence-corrected chi connectivity index (χ3v) is 6.08. The van der Waals surface area contributed by atoms with Gasteiger partial charge in [0.05, 0.1) is 4.88 Å². The molecule has 5 heterocycles. The molecule has 3 aliphatic rings. The third-order valence-electron chi connectivity index (χ3n) is 5.07. The van der Waals surface area contributed by atoms with Gasteiger partial charge in [-0.2, -0.15) is 0 Å². The number of pyridine rings is 1. The molecule has 0 spiro atoms. The Hall–Kier alpha value is -1.72. The highest BCUT2D eigenvalue weighted by atomic mass is 32.1. The summed E-state index contributed by atoms with van der Waals surface area (Å²) in [6.07, 6.45) is 6.07. The molecular formula is C17H19N3OS. The molecule has 3 aliphatic heterocycles. The minimum absolute atomic E-state index is 0.295. The monoisotopic (exact) mass is 313 g/mol. The Morgan fingerprint density at radius 3 is 2.59 bits per heavy atom. The van der Waals surface area contributed by atoms with Crippen LogP contribution in [0.2, 0.25) is 0 Å². The zero-order chi connectivity index (χ0) is 15.1. The molecule has 1 atom stereocenters. The number of amides is 1. The molecule has 0 aliphatic carbocycles. The molecule has 0 aromatic carbocycles. The Morgan fingerprint density at radius 2 is 2.00 bits per heavy atom. The molecule has 3 saturated heterocycles. The maximum atomic E-state index is 11.9. The fourth-order valence-electron chi connectivity index (χ4n) is 3.97. The molecule has 2 aromatic heterocycles. The van der Waals surface area contributed by atoms with Gasteiger partial charge in [-0.05, 0) is 66.1 Å². The van der Waals surface area contributed by atoms with Crippen LogP contribution in [0.25, 0.3) is 11.1 Å². The number of hydrogen-bond donors (Lipinski definition) is 1. The van der Waals surface area contributed by atoms with E-state index in [4.69, 9.17) is 5.73 Å². The molecule has 114 valence electrons. The Balaban J connectivity index is 1.82. The Kier molecular flexibility index (Phi) is 3.47. The van der Waals surface area contributed by atoms with Gasteiger partial charge < -0.3 is 10.6 Å². The minimum Gasteiger partial charge on any atom is -0.365 e. The highest BCUT2D eigenvalue weighted by Crippen LogP contribution is 2.45. The van der Waals surface area contributed by atoms with Crippen LogP contribution in [0.3, 0.4) is 0 Å². The predicted molar refractivity (Wildman–Crippen MR) is 88.0 cm³/mol. The van der Waals surface area contributed by atoms with E-state index < -0.39 is 0 Å². The van der Waals surface area contributed by atoms with Gasteiger partial charge in [0.1, 0.15) is 0 Å². The molecule has 2 bridgehead atoms. The number of fused-ring (bicyclic) bond motifs is 3. The van der Waals surface area contributed by atoms with Crippen LogP contribution in [-0.4, -0.2) is 35.4 Å². The lowest BCUT2D eigenvalue weighted by Crippen LogP contribution is -2.46. The molecule has 0 radical (unpaired) electrons. The van der Waals surface area contributed by atoms with E-state index in [0.29, 0.717) is 11.8 Å². The van der Waals surface area contributed by atoms with Gasteiger partial charge in [-0.3, -0.25) is 9.78 Å². The largest absolute Gasteiger partial charge is 0.365 e. The van der Waals surface area contributed by atoms with Gasteiger partial charge in [-0.15, -0.1) is 11.3 Å². The lowest BCUT2D eigenvalue weighted by molar-refractivity contribution is 0.0861. The van der Waals surface area contributed by atoms with E-state index in [9.17, 15) is 4.79 Å². The first-order chi connectivity index (χ1) is 10.7.